The molecule has 1 heteroatoms. The molecule has 0 saturated carbocycles. The van der Waals surface area contributed by atoms with Crippen molar-refractivity contribution in [2.24, 2.45) is 11.8 Å². The van der Waals surface area contributed by atoms with Gasteiger partial charge in [0.2, 0.25) is 0 Å². The molecule has 0 amide bonds. The molecule has 0 radical (unpaired) electrons. The lowest BCUT2D eigenvalue weighted by atomic mass is 9.92. The number of hydrogen-bond acceptors (Lipinski definition) is 1. The second-order valence-electron chi connectivity index (χ2n) is 6.11. The predicted molar refractivity (Wildman–Crippen MR) is 70.2 cm³/mol. The molecule has 0 aromatic rings. The molecule has 0 aromatic heterocycles. The molecular weight excluding hydrogens is 182 g/mol. The van der Waals surface area contributed by atoms with Crippen LogP contribution >= 0.6 is 0 Å². The zero-order chi connectivity index (χ0) is 11.9. The van der Waals surface area contributed by atoms with Crippen molar-refractivity contribution in [1.82, 2.24) is 5.32 Å². The average molecular weight is 213 g/mol. The van der Waals surface area contributed by atoms with Crippen LogP contribution in [0.1, 0.15) is 67.2 Å². The summed E-state index contributed by atoms with van der Waals surface area (Å²) in [6.07, 6.45) is 5.31. The Kier molecular flexibility index (Phi) is 7.25. The molecule has 1 atom stereocenters. The van der Waals surface area contributed by atoms with Gasteiger partial charge >= 0.3 is 0 Å². The smallest absolute Gasteiger partial charge is 0.0127 e. The Morgan fingerprint density at radius 1 is 1.13 bits per heavy atom. The van der Waals surface area contributed by atoms with Crippen molar-refractivity contribution in [2.75, 3.05) is 6.54 Å². The molecule has 0 spiro atoms. The minimum absolute atomic E-state index is 0.300. The van der Waals surface area contributed by atoms with E-state index in [0.29, 0.717) is 5.54 Å². The monoisotopic (exact) mass is 213 g/mol. The topological polar surface area (TPSA) is 12.0 Å². The van der Waals surface area contributed by atoms with Crippen molar-refractivity contribution in [1.29, 1.82) is 0 Å². The van der Waals surface area contributed by atoms with Gasteiger partial charge in [0.15, 0.2) is 0 Å². The molecule has 15 heavy (non-hydrogen) atoms. The lowest BCUT2D eigenvalue weighted by Crippen LogP contribution is -2.42. The van der Waals surface area contributed by atoms with Crippen LogP contribution in [0.3, 0.4) is 0 Å². The molecule has 1 nitrogen and oxygen atoms in total. The first kappa shape index (κ1) is 15.0. The molecular formula is C14H31N. The van der Waals surface area contributed by atoms with E-state index in [4.69, 9.17) is 0 Å². The van der Waals surface area contributed by atoms with Gasteiger partial charge in [-0.3, -0.25) is 0 Å². The quantitative estimate of drug-likeness (QED) is 0.636. The van der Waals surface area contributed by atoms with E-state index in [1.54, 1.807) is 0 Å². The van der Waals surface area contributed by atoms with Crippen molar-refractivity contribution in [3.63, 3.8) is 0 Å². The lowest BCUT2D eigenvalue weighted by molar-refractivity contribution is 0.295. The standard InChI is InChI=1S/C14H31N/c1-7-8-9-13(4)11-15-14(5,6)10-12(2)3/h12-13,15H,7-11H2,1-6H3. The number of hydrogen-bond donors (Lipinski definition) is 1. The minimum Gasteiger partial charge on any atom is -0.312 e. The number of nitrogens with one attached hydrogen (secondary N) is 1. The molecule has 0 bridgehead atoms. The van der Waals surface area contributed by atoms with E-state index in [0.717, 1.165) is 11.8 Å². The Morgan fingerprint density at radius 2 is 1.73 bits per heavy atom. The van der Waals surface area contributed by atoms with Crippen LogP contribution in [0.25, 0.3) is 0 Å². The van der Waals surface area contributed by atoms with Gasteiger partial charge in [-0.15, -0.1) is 0 Å². The summed E-state index contributed by atoms with van der Waals surface area (Å²) in [5.74, 6) is 1.59. The zero-order valence-corrected chi connectivity index (χ0v) is 11.7. The maximum atomic E-state index is 3.70. The normalized spacial score (nSPS) is 14.6. The number of unbranched alkanes of at least 4 members (excludes halogenated alkanes) is 1. The van der Waals surface area contributed by atoms with E-state index < -0.39 is 0 Å². The fourth-order valence-corrected chi connectivity index (χ4v) is 2.20. The summed E-state index contributed by atoms with van der Waals surface area (Å²) in [6, 6.07) is 0. The van der Waals surface area contributed by atoms with Gasteiger partial charge in [-0.2, -0.15) is 0 Å². The van der Waals surface area contributed by atoms with Gasteiger partial charge in [0.25, 0.3) is 0 Å². The third-order valence-electron chi connectivity index (χ3n) is 2.90. The van der Waals surface area contributed by atoms with Crippen molar-refractivity contribution in [3.05, 3.63) is 0 Å². The van der Waals surface area contributed by atoms with E-state index in [-0.39, 0.29) is 0 Å². The second-order valence-corrected chi connectivity index (χ2v) is 6.11. The van der Waals surface area contributed by atoms with Crippen LogP contribution in [-0.2, 0) is 0 Å². The largest absolute Gasteiger partial charge is 0.312 e. The maximum absolute atomic E-state index is 3.70. The lowest BCUT2D eigenvalue weighted by Gasteiger charge is -2.30. The average Bonchev–Trinajstić information content (AvgIpc) is 2.09. The highest BCUT2D eigenvalue weighted by molar-refractivity contribution is 4.79. The fourth-order valence-electron chi connectivity index (χ4n) is 2.20. The van der Waals surface area contributed by atoms with Crippen LogP contribution in [-0.4, -0.2) is 12.1 Å². The van der Waals surface area contributed by atoms with Crippen LogP contribution in [0, 0.1) is 11.8 Å². The molecule has 0 rings (SSSR count). The summed E-state index contributed by atoms with van der Waals surface area (Å²) >= 11 is 0. The highest BCUT2D eigenvalue weighted by Gasteiger charge is 2.18. The molecule has 0 saturated heterocycles. The van der Waals surface area contributed by atoms with Crippen molar-refractivity contribution < 1.29 is 0 Å². The van der Waals surface area contributed by atoms with E-state index in [1.807, 2.05) is 0 Å². The molecule has 0 aliphatic heterocycles. The molecule has 1 N–H and O–H groups in total. The third-order valence-corrected chi connectivity index (χ3v) is 2.90. The van der Waals surface area contributed by atoms with Crippen LogP contribution in [0.15, 0.2) is 0 Å². The van der Waals surface area contributed by atoms with Crippen molar-refractivity contribution in [3.8, 4) is 0 Å². The maximum Gasteiger partial charge on any atom is 0.0127 e. The van der Waals surface area contributed by atoms with Gasteiger partial charge in [0.05, 0.1) is 0 Å². The molecule has 92 valence electrons. The summed E-state index contributed by atoms with van der Waals surface area (Å²) in [6.45, 7) is 15.0. The van der Waals surface area contributed by atoms with Gasteiger partial charge in [-0.1, -0.05) is 40.5 Å². The first-order chi connectivity index (χ1) is 6.87. The van der Waals surface area contributed by atoms with Crippen molar-refractivity contribution >= 4 is 0 Å². The first-order valence-corrected chi connectivity index (χ1v) is 6.62. The Labute approximate surface area is 97.0 Å². The van der Waals surface area contributed by atoms with Crippen LogP contribution in [0.4, 0.5) is 0 Å². The van der Waals surface area contributed by atoms with Crippen molar-refractivity contribution in [2.45, 2.75) is 72.8 Å². The Morgan fingerprint density at radius 3 is 2.20 bits per heavy atom. The highest BCUT2D eigenvalue weighted by Crippen LogP contribution is 2.16. The Hall–Kier alpha value is -0.0400. The van der Waals surface area contributed by atoms with Crippen LogP contribution in [0.2, 0.25) is 0 Å². The van der Waals surface area contributed by atoms with Gasteiger partial charge in [0.1, 0.15) is 0 Å². The molecule has 0 aromatic carbocycles. The molecule has 0 aliphatic carbocycles. The van der Waals surface area contributed by atoms with Gasteiger partial charge in [-0.25, -0.2) is 0 Å². The van der Waals surface area contributed by atoms with E-state index in [2.05, 4.69) is 46.9 Å². The number of rotatable bonds is 8. The SMILES string of the molecule is CCCCC(C)CNC(C)(C)CC(C)C. The summed E-state index contributed by atoms with van der Waals surface area (Å²) in [7, 11) is 0. The first-order valence-electron chi connectivity index (χ1n) is 6.62. The summed E-state index contributed by atoms with van der Waals surface area (Å²) in [4.78, 5) is 0. The van der Waals surface area contributed by atoms with Crippen LogP contribution < -0.4 is 5.32 Å². The fraction of sp³-hybridized carbons (Fsp3) is 1.00. The van der Waals surface area contributed by atoms with Gasteiger partial charge in [-0.05, 0) is 45.1 Å². The summed E-state index contributed by atoms with van der Waals surface area (Å²) < 4.78 is 0. The Bertz CT molecular complexity index is 149. The molecule has 0 fully saturated rings. The highest BCUT2D eigenvalue weighted by atomic mass is 15.0. The summed E-state index contributed by atoms with van der Waals surface area (Å²) in [5, 5.41) is 3.70. The van der Waals surface area contributed by atoms with E-state index >= 15 is 0 Å². The Balaban J connectivity index is 3.71. The molecule has 0 aliphatic rings. The minimum atomic E-state index is 0.300. The van der Waals surface area contributed by atoms with E-state index in [1.165, 1.54) is 32.2 Å². The molecule has 1 unspecified atom stereocenters. The molecule has 0 heterocycles. The van der Waals surface area contributed by atoms with E-state index in [9.17, 15) is 0 Å². The van der Waals surface area contributed by atoms with Gasteiger partial charge in [0, 0.05) is 5.54 Å². The second kappa shape index (κ2) is 7.27. The van der Waals surface area contributed by atoms with Gasteiger partial charge < -0.3 is 5.32 Å². The summed E-state index contributed by atoms with van der Waals surface area (Å²) in [5.41, 5.74) is 0.300. The predicted octanol–water partition coefficient (Wildman–Crippen LogP) is 4.23. The third kappa shape index (κ3) is 8.92. The van der Waals surface area contributed by atoms with Crippen LogP contribution in [0.5, 0.6) is 0 Å². The zero-order valence-electron chi connectivity index (χ0n) is 11.7.